The molecule has 13 heteroatoms. The Balaban J connectivity index is 0.00000197. The van der Waals surface area contributed by atoms with Gasteiger partial charge in [0.2, 0.25) is 0 Å². The van der Waals surface area contributed by atoms with Crippen LogP contribution in [0.3, 0.4) is 0 Å². The molecule has 0 spiro atoms. The third-order valence-electron chi connectivity index (χ3n) is 9.81. The molecule has 2 fully saturated rings. The summed E-state index contributed by atoms with van der Waals surface area (Å²) in [6.07, 6.45) is 0.688. The van der Waals surface area contributed by atoms with Crippen molar-refractivity contribution in [2.45, 2.75) is 90.4 Å². The average Bonchev–Trinajstić information content (AvgIpc) is 3.62. The van der Waals surface area contributed by atoms with Gasteiger partial charge in [-0.3, -0.25) is 10.2 Å². The van der Waals surface area contributed by atoms with Crippen molar-refractivity contribution in [1.82, 2.24) is 25.2 Å². The first-order valence-corrected chi connectivity index (χ1v) is 16.8. The molecule has 3 aliphatic heterocycles. The molecule has 258 valence electrons. The van der Waals surface area contributed by atoms with E-state index in [1.54, 1.807) is 13.8 Å². The van der Waals surface area contributed by atoms with E-state index in [1.165, 1.54) is 12.1 Å². The highest BCUT2D eigenvalue weighted by atomic mass is 19.2. The Kier molecular flexibility index (Phi) is 9.63. The molecule has 2 saturated heterocycles. The minimum atomic E-state index is -1.84. The predicted molar refractivity (Wildman–Crippen MR) is 175 cm³/mol. The van der Waals surface area contributed by atoms with E-state index in [0.717, 1.165) is 50.9 Å². The Bertz CT molecular complexity index is 1820. The lowest BCUT2D eigenvalue weighted by molar-refractivity contribution is 0.108. The number of nitrogens with zero attached hydrogens (tertiary/aromatic N) is 4. The topological polar surface area (TPSA) is 95.4 Å². The number of rotatable bonds is 8. The number of alkyl halides is 2. The van der Waals surface area contributed by atoms with Crippen LogP contribution in [0.4, 0.5) is 27.8 Å². The molecule has 4 aromatic rings. The second kappa shape index (κ2) is 13.6. The molecule has 0 bridgehead atoms. The summed E-state index contributed by atoms with van der Waals surface area (Å²) < 4.78 is 82.4. The number of pyridine rings is 1. The van der Waals surface area contributed by atoms with Crippen molar-refractivity contribution >= 4 is 27.5 Å². The maximum Gasteiger partial charge on any atom is 0.319 e. The quantitative estimate of drug-likeness (QED) is 0.130. The number of anilines is 1. The van der Waals surface area contributed by atoms with Crippen LogP contribution in [0.15, 0.2) is 24.3 Å². The van der Waals surface area contributed by atoms with Crippen LogP contribution in [0.2, 0.25) is 0 Å². The maximum absolute atomic E-state index is 16.7. The molecular weight excluding hydrogens is 631 g/mol. The third-order valence-corrected chi connectivity index (χ3v) is 9.81. The fourth-order valence-corrected chi connectivity index (χ4v) is 7.43. The lowest BCUT2D eigenvalue weighted by Gasteiger charge is -2.31. The van der Waals surface area contributed by atoms with Crippen molar-refractivity contribution in [3.8, 4) is 23.0 Å². The zero-order valence-electron chi connectivity index (χ0n) is 27.5. The molecule has 8 nitrogen and oxygen atoms in total. The normalized spacial score (nSPS) is 21.3. The van der Waals surface area contributed by atoms with E-state index < -0.39 is 42.0 Å². The summed E-state index contributed by atoms with van der Waals surface area (Å²) in [5, 5.41) is 15.9. The Labute approximate surface area is 276 Å². The third kappa shape index (κ3) is 5.99. The van der Waals surface area contributed by atoms with Crippen molar-refractivity contribution < 1.29 is 31.8 Å². The Morgan fingerprint density at radius 1 is 1.04 bits per heavy atom. The Morgan fingerprint density at radius 3 is 2.48 bits per heavy atom. The Hall–Kier alpha value is -3.84. The van der Waals surface area contributed by atoms with E-state index in [2.05, 4.69) is 30.5 Å². The summed E-state index contributed by atoms with van der Waals surface area (Å²) >= 11 is 0. The summed E-state index contributed by atoms with van der Waals surface area (Å²) in [5.74, 6) is -4.08. The molecule has 0 saturated carbocycles. The minimum Gasteiger partial charge on any atom is -0.508 e. The number of hydrogen-bond acceptors (Lipinski definition) is 8. The smallest absolute Gasteiger partial charge is 0.319 e. The molecule has 3 N–H and O–H groups in total. The van der Waals surface area contributed by atoms with Gasteiger partial charge in [0.1, 0.15) is 29.4 Å². The van der Waals surface area contributed by atoms with E-state index in [1.807, 2.05) is 13.8 Å². The Morgan fingerprint density at radius 2 is 1.77 bits per heavy atom. The number of hydrogen-bond donors (Lipinski definition) is 3. The first kappa shape index (κ1) is 34.0. The highest BCUT2D eigenvalue weighted by Crippen LogP contribution is 2.42. The van der Waals surface area contributed by atoms with Gasteiger partial charge in [-0.1, -0.05) is 33.8 Å². The average molecular weight is 673 g/mol. The summed E-state index contributed by atoms with van der Waals surface area (Å²) in [6.45, 7) is 9.54. The van der Waals surface area contributed by atoms with Crippen molar-refractivity contribution in [1.29, 1.82) is 0 Å². The van der Waals surface area contributed by atoms with Crippen LogP contribution in [0.25, 0.3) is 32.9 Å². The lowest BCUT2D eigenvalue weighted by atomic mass is 9.94. The standard InChI is InChI=1S/C33H35F5N6O2.C2H6/c1-3-22(35)40-30(38)27-16(2)12-21-24-29(42-32(43-31(24)41-27)46-15-33-8-4-10-44(33)11-5-9-33)26(37)28(39-21)19-14-18(45)13-17-6-7-20(34)25(36)23(17)19;1-2/h6-7,13-14,16,22,27,30,40,45H,3-5,8-12,15H2,1-2H3,(H,41,42,43);1-2H3/t16-,22?,27?,30?;/m0./s1. The van der Waals surface area contributed by atoms with E-state index in [9.17, 15) is 13.9 Å². The molecule has 2 aromatic heterocycles. The van der Waals surface area contributed by atoms with E-state index in [-0.39, 0.29) is 81.2 Å². The van der Waals surface area contributed by atoms with Gasteiger partial charge in [-0.2, -0.15) is 9.97 Å². The number of halogens is 5. The van der Waals surface area contributed by atoms with Gasteiger partial charge in [-0.25, -0.2) is 26.9 Å². The molecule has 48 heavy (non-hydrogen) atoms. The molecule has 0 amide bonds. The van der Waals surface area contributed by atoms with Crippen LogP contribution < -0.4 is 15.4 Å². The zero-order chi connectivity index (χ0) is 34.3. The first-order valence-electron chi connectivity index (χ1n) is 16.8. The molecule has 0 aliphatic carbocycles. The van der Waals surface area contributed by atoms with Crippen molar-refractivity contribution in [2.75, 3.05) is 25.0 Å². The van der Waals surface area contributed by atoms with Gasteiger partial charge in [0, 0.05) is 10.9 Å². The minimum absolute atomic E-state index is 0.0570. The number of nitrogens with one attached hydrogen (secondary N) is 2. The maximum atomic E-state index is 16.7. The van der Waals surface area contributed by atoms with E-state index >= 15 is 13.2 Å². The number of fused-ring (bicyclic) bond motifs is 2. The second-order valence-corrected chi connectivity index (χ2v) is 12.8. The number of phenolic OH excluding ortho intramolecular Hbond substituents is 1. The lowest BCUT2D eigenvalue weighted by Crippen LogP contribution is -2.47. The predicted octanol–water partition coefficient (Wildman–Crippen LogP) is 7.56. The molecular formula is C35H41F5N6O2. The second-order valence-electron chi connectivity index (χ2n) is 12.8. The molecule has 3 aliphatic rings. The van der Waals surface area contributed by atoms with Crippen LogP contribution in [0, 0.1) is 23.4 Å². The molecule has 7 rings (SSSR count). The summed E-state index contributed by atoms with van der Waals surface area (Å²) in [7, 11) is 0. The fourth-order valence-electron chi connectivity index (χ4n) is 7.43. The zero-order valence-corrected chi connectivity index (χ0v) is 27.5. The monoisotopic (exact) mass is 672 g/mol. The summed E-state index contributed by atoms with van der Waals surface area (Å²) in [6, 6.07) is 3.44. The van der Waals surface area contributed by atoms with Gasteiger partial charge >= 0.3 is 6.01 Å². The summed E-state index contributed by atoms with van der Waals surface area (Å²) in [4.78, 5) is 16.0. The van der Waals surface area contributed by atoms with Gasteiger partial charge in [0.25, 0.3) is 0 Å². The molecule has 4 atom stereocenters. The van der Waals surface area contributed by atoms with E-state index in [0.29, 0.717) is 0 Å². The first-order chi connectivity index (χ1) is 23.1. The fraction of sp³-hybridized carbons (Fsp3) is 0.514. The molecule has 3 unspecified atom stereocenters. The van der Waals surface area contributed by atoms with Gasteiger partial charge in [-0.05, 0) is 81.1 Å². The number of aromatic hydroxyl groups is 1. The van der Waals surface area contributed by atoms with E-state index in [4.69, 9.17) is 4.74 Å². The number of phenols is 1. The van der Waals surface area contributed by atoms with Gasteiger partial charge in [0.15, 0.2) is 30.0 Å². The molecule has 0 radical (unpaired) electrons. The molecule has 5 heterocycles. The van der Waals surface area contributed by atoms with Crippen molar-refractivity contribution in [2.24, 2.45) is 5.92 Å². The highest BCUT2D eigenvalue weighted by Gasteiger charge is 2.45. The highest BCUT2D eigenvalue weighted by molar-refractivity contribution is 6.01. The molecule has 2 aromatic carbocycles. The van der Waals surface area contributed by atoms with Crippen LogP contribution in [-0.2, 0) is 6.42 Å². The largest absolute Gasteiger partial charge is 0.508 e. The van der Waals surface area contributed by atoms with Crippen LogP contribution in [0.1, 0.15) is 65.5 Å². The van der Waals surface area contributed by atoms with Gasteiger partial charge < -0.3 is 15.2 Å². The summed E-state index contributed by atoms with van der Waals surface area (Å²) in [5.41, 5.74) is -0.640. The van der Waals surface area contributed by atoms with Crippen LogP contribution in [-0.4, -0.2) is 68.8 Å². The van der Waals surface area contributed by atoms with Crippen LogP contribution >= 0.6 is 0 Å². The van der Waals surface area contributed by atoms with Crippen molar-refractivity contribution in [3.05, 3.63) is 47.4 Å². The SMILES string of the molecule is CC.CCC(F)NC(F)C1Nc2nc(OCC34CCCN3CCC4)nc3c(F)c(-c4cc(O)cc5ccc(F)c(F)c45)nc(c23)C[C@@H]1C. The van der Waals surface area contributed by atoms with Gasteiger partial charge in [-0.15, -0.1) is 0 Å². The van der Waals surface area contributed by atoms with Crippen molar-refractivity contribution in [3.63, 3.8) is 0 Å². The number of benzene rings is 2. The van der Waals surface area contributed by atoms with Crippen LogP contribution in [0.5, 0.6) is 11.8 Å². The number of aromatic nitrogens is 3. The number of ether oxygens (including phenoxy) is 1. The van der Waals surface area contributed by atoms with Gasteiger partial charge in [0.05, 0.1) is 22.7 Å².